The lowest BCUT2D eigenvalue weighted by atomic mass is 9.91. The van der Waals surface area contributed by atoms with Gasteiger partial charge in [-0.05, 0) is 49.1 Å². The molecule has 0 bridgehead atoms. The minimum absolute atomic E-state index is 0.445. The van der Waals surface area contributed by atoms with Crippen LogP contribution in [0, 0.1) is 0 Å². The van der Waals surface area contributed by atoms with Gasteiger partial charge in [0.1, 0.15) is 0 Å². The van der Waals surface area contributed by atoms with Gasteiger partial charge in [-0.1, -0.05) is 19.1 Å². The van der Waals surface area contributed by atoms with E-state index in [1.807, 2.05) is 30.7 Å². The Labute approximate surface area is 120 Å². The maximum atomic E-state index is 4.63. The zero-order valence-corrected chi connectivity index (χ0v) is 11.9. The fraction of sp³-hybridized carbons (Fsp3) is 0.412. The van der Waals surface area contributed by atoms with Crippen LogP contribution in [0.25, 0.3) is 0 Å². The van der Waals surface area contributed by atoms with Crippen molar-refractivity contribution in [3.63, 3.8) is 0 Å². The van der Waals surface area contributed by atoms with Gasteiger partial charge in [0.05, 0.1) is 0 Å². The number of rotatable bonds is 5. The molecule has 2 atom stereocenters. The molecule has 3 nitrogen and oxygen atoms in total. The maximum Gasteiger partial charge on any atom is 0.0482 e. The quantitative estimate of drug-likeness (QED) is 0.905. The Kier molecular flexibility index (Phi) is 4.07. The summed E-state index contributed by atoms with van der Waals surface area (Å²) in [5.74, 6) is 0.520. The monoisotopic (exact) mass is 267 g/mol. The molecule has 0 aliphatic heterocycles. The molecular weight excluding hydrogens is 246 g/mol. The minimum atomic E-state index is 0.445. The third-order valence-electron chi connectivity index (χ3n) is 4.13. The first-order chi connectivity index (χ1) is 9.88. The lowest BCUT2D eigenvalue weighted by molar-refractivity contribution is 0.429. The van der Waals surface area contributed by atoms with E-state index in [0.29, 0.717) is 12.0 Å². The Bertz CT molecular complexity index is 553. The van der Waals surface area contributed by atoms with E-state index in [0.717, 1.165) is 19.4 Å². The summed E-state index contributed by atoms with van der Waals surface area (Å²) < 4.78 is 0. The Morgan fingerprint density at radius 3 is 3.00 bits per heavy atom. The van der Waals surface area contributed by atoms with Crippen LogP contribution < -0.4 is 5.32 Å². The SMILES string of the molecule is CCNC(Cc1cccnc1)C1CCc2cccnc21. The van der Waals surface area contributed by atoms with Crippen molar-refractivity contribution in [3.05, 3.63) is 59.7 Å². The van der Waals surface area contributed by atoms with Crippen LogP contribution in [-0.2, 0) is 12.8 Å². The molecule has 0 amide bonds. The summed E-state index contributed by atoms with van der Waals surface area (Å²) in [6.45, 7) is 3.16. The minimum Gasteiger partial charge on any atom is -0.313 e. The molecule has 104 valence electrons. The summed E-state index contributed by atoms with van der Waals surface area (Å²) in [6, 6.07) is 8.88. The van der Waals surface area contributed by atoms with Gasteiger partial charge in [0.25, 0.3) is 0 Å². The van der Waals surface area contributed by atoms with Gasteiger partial charge in [0, 0.05) is 36.2 Å². The predicted octanol–water partition coefficient (Wildman–Crippen LogP) is 2.73. The molecule has 1 N–H and O–H groups in total. The molecule has 2 aromatic rings. The van der Waals surface area contributed by atoms with Gasteiger partial charge in [0.2, 0.25) is 0 Å². The van der Waals surface area contributed by atoms with Crippen molar-refractivity contribution in [1.29, 1.82) is 0 Å². The zero-order chi connectivity index (χ0) is 13.8. The Hall–Kier alpha value is -1.74. The topological polar surface area (TPSA) is 37.8 Å². The van der Waals surface area contributed by atoms with Crippen molar-refractivity contribution in [2.45, 2.75) is 38.1 Å². The molecule has 2 unspecified atom stereocenters. The average molecular weight is 267 g/mol. The second kappa shape index (κ2) is 6.14. The van der Waals surface area contributed by atoms with Gasteiger partial charge in [-0.15, -0.1) is 0 Å². The molecule has 3 rings (SSSR count). The van der Waals surface area contributed by atoms with E-state index in [9.17, 15) is 0 Å². The summed E-state index contributed by atoms with van der Waals surface area (Å²) >= 11 is 0. The van der Waals surface area contributed by atoms with Gasteiger partial charge in [-0.2, -0.15) is 0 Å². The molecule has 0 spiro atoms. The highest BCUT2D eigenvalue weighted by molar-refractivity contribution is 5.30. The van der Waals surface area contributed by atoms with Gasteiger partial charge < -0.3 is 5.32 Å². The summed E-state index contributed by atoms with van der Waals surface area (Å²) in [5, 5.41) is 3.65. The van der Waals surface area contributed by atoms with Crippen LogP contribution in [0.15, 0.2) is 42.9 Å². The molecule has 2 aromatic heterocycles. The third-order valence-corrected chi connectivity index (χ3v) is 4.13. The largest absolute Gasteiger partial charge is 0.313 e. The van der Waals surface area contributed by atoms with Crippen LogP contribution in [0.5, 0.6) is 0 Å². The number of nitrogens with one attached hydrogen (secondary N) is 1. The van der Waals surface area contributed by atoms with Crippen LogP contribution >= 0.6 is 0 Å². The van der Waals surface area contributed by atoms with E-state index >= 15 is 0 Å². The molecule has 0 fully saturated rings. The average Bonchev–Trinajstić information content (AvgIpc) is 2.92. The lowest BCUT2D eigenvalue weighted by Gasteiger charge is -2.24. The normalized spacial score (nSPS) is 18.8. The van der Waals surface area contributed by atoms with E-state index in [4.69, 9.17) is 0 Å². The van der Waals surface area contributed by atoms with Crippen LogP contribution in [0.1, 0.15) is 36.1 Å². The molecule has 1 aliphatic carbocycles. The van der Waals surface area contributed by atoms with E-state index < -0.39 is 0 Å². The summed E-state index contributed by atoms with van der Waals surface area (Å²) in [4.78, 5) is 8.86. The number of aromatic nitrogens is 2. The number of hydrogen-bond acceptors (Lipinski definition) is 3. The number of pyridine rings is 2. The smallest absolute Gasteiger partial charge is 0.0482 e. The van der Waals surface area contributed by atoms with E-state index in [-0.39, 0.29) is 0 Å². The van der Waals surface area contributed by atoms with Crippen molar-refractivity contribution in [1.82, 2.24) is 15.3 Å². The van der Waals surface area contributed by atoms with Gasteiger partial charge >= 0.3 is 0 Å². The van der Waals surface area contributed by atoms with Gasteiger partial charge in [0.15, 0.2) is 0 Å². The Morgan fingerprint density at radius 2 is 2.20 bits per heavy atom. The number of fused-ring (bicyclic) bond motifs is 1. The lowest BCUT2D eigenvalue weighted by Crippen LogP contribution is -2.36. The summed E-state index contributed by atoms with van der Waals surface area (Å²) in [6.07, 6.45) is 9.09. The molecule has 1 aliphatic rings. The summed E-state index contributed by atoms with van der Waals surface area (Å²) in [5.41, 5.74) is 4.01. The second-order valence-electron chi connectivity index (χ2n) is 5.42. The highest BCUT2D eigenvalue weighted by Gasteiger charge is 2.30. The highest BCUT2D eigenvalue weighted by atomic mass is 14.9. The fourth-order valence-corrected chi connectivity index (χ4v) is 3.23. The van der Waals surface area contributed by atoms with Crippen LogP contribution in [0.4, 0.5) is 0 Å². The zero-order valence-electron chi connectivity index (χ0n) is 11.9. The molecule has 0 aromatic carbocycles. The first-order valence-corrected chi connectivity index (χ1v) is 7.44. The van der Waals surface area contributed by atoms with Crippen molar-refractivity contribution in [2.24, 2.45) is 0 Å². The molecular formula is C17H21N3. The summed E-state index contributed by atoms with van der Waals surface area (Å²) in [7, 11) is 0. The second-order valence-corrected chi connectivity index (χ2v) is 5.42. The standard InChI is InChI=1S/C17H21N3/c1-2-19-16(11-13-5-3-9-18-12-13)15-8-7-14-6-4-10-20-17(14)15/h3-6,9-10,12,15-16,19H,2,7-8,11H2,1H3. The van der Waals surface area contributed by atoms with Crippen molar-refractivity contribution in [2.75, 3.05) is 6.54 Å². The molecule has 0 saturated carbocycles. The maximum absolute atomic E-state index is 4.63. The molecule has 0 saturated heterocycles. The van der Waals surface area contributed by atoms with Crippen molar-refractivity contribution >= 4 is 0 Å². The van der Waals surface area contributed by atoms with Gasteiger partial charge in [-0.3, -0.25) is 9.97 Å². The Morgan fingerprint density at radius 1 is 1.30 bits per heavy atom. The molecule has 2 heterocycles. The molecule has 20 heavy (non-hydrogen) atoms. The number of hydrogen-bond donors (Lipinski definition) is 1. The third kappa shape index (κ3) is 2.73. The van der Waals surface area contributed by atoms with Crippen LogP contribution in [0.3, 0.4) is 0 Å². The van der Waals surface area contributed by atoms with Crippen molar-refractivity contribution in [3.8, 4) is 0 Å². The first-order valence-electron chi connectivity index (χ1n) is 7.44. The fourth-order valence-electron chi connectivity index (χ4n) is 3.23. The first kappa shape index (κ1) is 13.3. The number of likely N-dealkylation sites (N-methyl/N-ethyl adjacent to an activating group) is 1. The molecule has 0 radical (unpaired) electrons. The van der Waals surface area contributed by atoms with Crippen LogP contribution in [0.2, 0.25) is 0 Å². The van der Waals surface area contributed by atoms with E-state index in [2.05, 4.69) is 34.3 Å². The van der Waals surface area contributed by atoms with Crippen molar-refractivity contribution < 1.29 is 0 Å². The predicted molar refractivity (Wildman–Crippen MR) is 80.7 cm³/mol. The molecule has 3 heteroatoms. The van der Waals surface area contributed by atoms with E-state index in [1.54, 1.807) is 0 Å². The Balaban J connectivity index is 1.81. The number of aryl methyl sites for hydroxylation is 1. The highest BCUT2D eigenvalue weighted by Crippen LogP contribution is 2.34. The van der Waals surface area contributed by atoms with Crippen LogP contribution in [-0.4, -0.2) is 22.6 Å². The van der Waals surface area contributed by atoms with E-state index in [1.165, 1.54) is 23.2 Å². The van der Waals surface area contributed by atoms with Gasteiger partial charge in [-0.25, -0.2) is 0 Å². The number of nitrogens with zero attached hydrogens (tertiary/aromatic N) is 2.